The Bertz CT molecular complexity index is 1270. The van der Waals surface area contributed by atoms with Gasteiger partial charge in [0.15, 0.2) is 0 Å². The minimum atomic E-state index is -1.40. The van der Waals surface area contributed by atoms with Crippen molar-refractivity contribution in [3.8, 4) is 17.6 Å². The lowest BCUT2D eigenvalue weighted by Crippen LogP contribution is -2.54. The predicted molar refractivity (Wildman–Crippen MR) is 117 cm³/mol. The first-order valence-corrected chi connectivity index (χ1v) is 10.5. The van der Waals surface area contributed by atoms with Crippen LogP contribution in [0.25, 0.3) is 0 Å². The average Bonchev–Trinajstić information content (AvgIpc) is 2.94. The lowest BCUT2D eigenvalue weighted by atomic mass is 9.66. The summed E-state index contributed by atoms with van der Waals surface area (Å²) in [5.74, 6) is 0.265. The fourth-order valence-corrected chi connectivity index (χ4v) is 5.92. The van der Waals surface area contributed by atoms with Gasteiger partial charge < -0.3 is 20.5 Å². The zero-order valence-corrected chi connectivity index (χ0v) is 18.3. The number of fused-ring (bicyclic) bond motifs is 3. The highest BCUT2D eigenvalue weighted by Gasteiger charge is 2.63. The molecule has 0 aromatic heterocycles. The number of nitriles is 1. The normalized spacial score (nSPS) is 25.2. The number of phenols is 1. The number of hydrogen-bond donors (Lipinski definition) is 2. The van der Waals surface area contributed by atoms with Crippen LogP contribution < -0.4 is 15.4 Å². The van der Waals surface area contributed by atoms with E-state index in [1.165, 1.54) is 12.1 Å². The maximum atomic E-state index is 14.5. The highest BCUT2D eigenvalue weighted by Crippen LogP contribution is 2.62. The number of rotatable bonds is 0. The van der Waals surface area contributed by atoms with Crippen LogP contribution in [0.4, 0.5) is 5.69 Å². The Kier molecular flexibility index (Phi) is 3.66. The number of phenolic OH excluding ortho intramolecular Hbond substituents is 1. The molecule has 2 atom stereocenters. The number of anilines is 1. The number of nitrogens with two attached hydrogens (primary N) is 1. The Balaban J connectivity index is 2.02. The molecular weight excluding hydrogens is 390 g/mol. The Morgan fingerprint density at radius 2 is 2.00 bits per heavy atom. The molecule has 3 N–H and O–H groups in total. The van der Waals surface area contributed by atoms with Gasteiger partial charge in [-0.3, -0.25) is 4.79 Å². The zero-order valence-electron chi connectivity index (χ0n) is 18.3. The number of carbonyl (C=O) groups is 1. The van der Waals surface area contributed by atoms with E-state index >= 15 is 0 Å². The molecule has 0 saturated heterocycles. The standard InChI is InChI=1S/C25H25N3O3/c1-12-8-16-13(2)10-24(4,5)28-21(16)20(14(12)3)25(23(28)30)17-7-6-15(29)9-19(17)31-22(27)18(25)11-26/h6-9,13,29H,10,27H2,1-5H3/t13-,25+/m0/s1. The van der Waals surface area contributed by atoms with E-state index in [1.807, 2.05) is 18.7 Å². The number of ether oxygens (including phenoxy) is 1. The zero-order chi connectivity index (χ0) is 22.5. The largest absolute Gasteiger partial charge is 0.508 e. The molecule has 0 unspecified atom stereocenters. The number of benzene rings is 2. The summed E-state index contributed by atoms with van der Waals surface area (Å²) in [7, 11) is 0. The van der Waals surface area contributed by atoms with Gasteiger partial charge in [-0.05, 0) is 68.9 Å². The molecule has 6 nitrogen and oxygen atoms in total. The molecule has 2 aromatic carbocycles. The minimum Gasteiger partial charge on any atom is -0.508 e. The molecule has 1 amide bonds. The summed E-state index contributed by atoms with van der Waals surface area (Å²) in [6.45, 7) is 10.4. The highest BCUT2D eigenvalue weighted by molar-refractivity contribution is 6.16. The van der Waals surface area contributed by atoms with Crippen molar-refractivity contribution < 1.29 is 14.6 Å². The van der Waals surface area contributed by atoms with Crippen LogP contribution in [0.2, 0.25) is 0 Å². The van der Waals surface area contributed by atoms with Crippen LogP contribution in [0.1, 0.15) is 60.9 Å². The Morgan fingerprint density at radius 1 is 1.29 bits per heavy atom. The molecule has 0 radical (unpaired) electrons. The molecule has 6 heteroatoms. The second kappa shape index (κ2) is 5.82. The quantitative estimate of drug-likeness (QED) is 0.677. The van der Waals surface area contributed by atoms with E-state index in [0.29, 0.717) is 11.3 Å². The molecule has 2 aromatic rings. The molecule has 1 spiro atoms. The van der Waals surface area contributed by atoms with Gasteiger partial charge in [-0.1, -0.05) is 13.0 Å². The molecule has 0 aliphatic carbocycles. The Hall–Kier alpha value is -3.46. The number of nitrogens with zero attached hydrogens (tertiary/aromatic N) is 2. The molecule has 158 valence electrons. The van der Waals surface area contributed by atoms with Gasteiger partial charge in [-0.25, -0.2) is 0 Å². The molecule has 0 saturated carbocycles. The van der Waals surface area contributed by atoms with Crippen LogP contribution in [0.15, 0.2) is 35.7 Å². The summed E-state index contributed by atoms with van der Waals surface area (Å²) in [6, 6.07) is 9.02. The van der Waals surface area contributed by atoms with E-state index in [0.717, 1.165) is 34.4 Å². The summed E-state index contributed by atoms with van der Waals surface area (Å²) >= 11 is 0. The molecule has 5 rings (SSSR count). The summed E-state index contributed by atoms with van der Waals surface area (Å²) in [5.41, 5.74) is 9.87. The molecule has 0 fully saturated rings. The van der Waals surface area contributed by atoms with Crippen molar-refractivity contribution in [3.63, 3.8) is 0 Å². The SMILES string of the molecule is Cc1cc2c3c(c1C)[C@]1(C(=O)N3C(C)(C)C[C@@H]2C)C(C#N)=C(N)Oc2cc(O)ccc21. The van der Waals surface area contributed by atoms with E-state index in [2.05, 4.69) is 32.9 Å². The second-order valence-corrected chi connectivity index (χ2v) is 9.57. The van der Waals surface area contributed by atoms with Gasteiger partial charge in [0.2, 0.25) is 11.8 Å². The molecular formula is C25H25N3O3. The van der Waals surface area contributed by atoms with Gasteiger partial charge in [0.05, 0.1) is 5.69 Å². The number of aryl methyl sites for hydroxylation is 1. The molecule has 3 aliphatic heterocycles. The van der Waals surface area contributed by atoms with Crippen LogP contribution in [0.5, 0.6) is 11.5 Å². The Morgan fingerprint density at radius 3 is 2.68 bits per heavy atom. The smallest absolute Gasteiger partial charge is 0.248 e. The third-order valence-electron chi connectivity index (χ3n) is 7.24. The summed E-state index contributed by atoms with van der Waals surface area (Å²) < 4.78 is 5.73. The summed E-state index contributed by atoms with van der Waals surface area (Å²) in [4.78, 5) is 16.3. The van der Waals surface area contributed by atoms with Crippen molar-refractivity contribution in [2.24, 2.45) is 5.73 Å². The van der Waals surface area contributed by atoms with Crippen molar-refractivity contribution in [3.05, 3.63) is 63.5 Å². The molecule has 3 aliphatic rings. The van der Waals surface area contributed by atoms with E-state index in [9.17, 15) is 15.2 Å². The second-order valence-electron chi connectivity index (χ2n) is 9.57. The minimum absolute atomic E-state index is 0.00422. The number of hydrogen-bond acceptors (Lipinski definition) is 5. The first kappa shape index (κ1) is 19.5. The van der Waals surface area contributed by atoms with E-state index in [1.54, 1.807) is 6.07 Å². The van der Waals surface area contributed by atoms with Crippen molar-refractivity contribution in [1.82, 2.24) is 0 Å². The van der Waals surface area contributed by atoms with Gasteiger partial charge in [0.1, 0.15) is 28.6 Å². The lowest BCUT2D eigenvalue weighted by Gasteiger charge is -2.44. The van der Waals surface area contributed by atoms with Crippen LogP contribution >= 0.6 is 0 Å². The molecule has 31 heavy (non-hydrogen) atoms. The van der Waals surface area contributed by atoms with Crippen molar-refractivity contribution >= 4 is 11.6 Å². The maximum absolute atomic E-state index is 14.5. The van der Waals surface area contributed by atoms with E-state index in [-0.39, 0.29) is 29.0 Å². The van der Waals surface area contributed by atoms with E-state index in [4.69, 9.17) is 10.5 Å². The summed E-state index contributed by atoms with van der Waals surface area (Å²) in [5, 5.41) is 20.3. The average molecular weight is 415 g/mol. The number of amides is 1. The molecule has 0 bridgehead atoms. The first-order valence-electron chi connectivity index (χ1n) is 10.5. The third-order valence-corrected chi connectivity index (χ3v) is 7.24. The first-order chi connectivity index (χ1) is 14.6. The maximum Gasteiger partial charge on any atom is 0.248 e. The van der Waals surface area contributed by atoms with E-state index < -0.39 is 11.0 Å². The number of carbonyl (C=O) groups excluding carboxylic acids is 1. The lowest BCUT2D eigenvalue weighted by molar-refractivity contribution is -0.122. The fourth-order valence-electron chi connectivity index (χ4n) is 5.92. The highest BCUT2D eigenvalue weighted by atomic mass is 16.5. The fraction of sp³-hybridized carbons (Fsp3) is 0.360. The van der Waals surface area contributed by atoms with Crippen LogP contribution in [-0.2, 0) is 10.2 Å². The van der Waals surface area contributed by atoms with Gasteiger partial charge >= 0.3 is 0 Å². The van der Waals surface area contributed by atoms with Gasteiger partial charge in [-0.15, -0.1) is 0 Å². The van der Waals surface area contributed by atoms with Crippen LogP contribution in [0, 0.1) is 25.2 Å². The summed E-state index contributed by atoms with van der Waals surface area (Å²) in [6.07, 6.45) is 0.809. The number of aromatic hydroxyl groups is 1. The molecule has 3 heterocycles. The van der Waals surface area contributed by atoms with Gasteiger partial charge in [0.25, 0.3) is 0 Å². The van der Waals surface area contributed by atoms with Crippen molar-refractivity contribution in [1.29, 1.82) is 5.26 Å². The predicted octanol–water partition coefficient (Wildman–Crippen LogP) is 4.01. The van der Waals surface area contributed by atoms with Gasteiger partial charge in [0, 0.05) is 22.7 Å². The van der Waals surface area contributed by atoms with Gasteiger partial charge in [-0.2, -0.15) is 5.26 Å². The topological polar surface area (TPSA) is 99.6 Å². The monoisotopic (exact) mass is 415 g/mol. The van der Waals surface area contributed by atoms with Crippen molar-refractivity contribution in [2.45, 2.75) is 57.9 Å². The Labute approximate surface area is 181 Å². The van der Waals surface area contributed by atoms with Crippen LogP contribution in [-0.4, -0.2) is 16.6 Å². The van der Waals surface area contributed by atoms with Crippen LogP contribution in [0.3, 0.4) is 0 Å². The third kappa shape index (κ3) is 2.13. The van der Waals surface area contributed by atoms with Crippen molar-refractivity contribution in [2.75, 3.05) is 4.90 Å².